The van der Waals surface area contributed by atoms with Gasteiger partial charge in [0.15, 0.2) is 11.2 Å². The van der Waals surface area contributed by atoms with E-state index in [0.29, 0.717) is 16.9 Å². The van der Waals surface area contributed by atoms with Gasteiger partial charge in [-0.15, -0.1) is 0 Å². The second-order valence-electron chi connectivity index (χ2n) is 8.21. The van der Waals surface area contributed by atoms with Gasteiger partial charge in [0, 0.05) is 18.2 Å². The number of nitrogens with zero attached hydrogens (tertiary/aromatic N) is 2. The van der Waals surface area contributed by atoms with E-state index in [1.807, 2.05) is 6.07 Å². The topological polar surface area (TPSA) is 133 Å². The normalized spacial score (nSPS) is 29.5. The third kappa shape index (κ3) is 2.64. The van der Waals surface area contributed by atoms with Crippen LogP contribution in [0, 0.1) is 17.2 Å². The molecule has 8 nitrogen and oxygen atoms in total. The number of benzene rings is 2. The van der Waals surface area contributed by atoms with Crippen LogP contribution in [-0.2, 0) is 16.0 Å². The Morgan fingerprint density at radius 3 is 2.48 bits per heavy atom. The van der Waals surface area contributed by atoms with Gasteiger partial charge in [-0.3, -0.25) is 9.78 Å². The number of hydrogen-bond donors (Lipinski definition) is 3. The molecule has 8 heteroatoms. The van der Waals surface area contributed by atoms with Crippen molar-refractivity contribution in [2.45, 2.75) is 23.2 Å². The zero-order valence-electron chi connectivity index (χ0n) is 17.5. The van der Waals surface area contributed by atoms with Gasteiger partial charge in [0.1, 0.15) is 29.4 Å². The molecule has 0 unspecified atom stereocenters. The Balaban J connectivity index is 1.85. The molecule has 1 aliphatic heterocycles. The second-order valence-corrected chi connectivity index (χ2v) is 8.21. The summed E-state index contributed by atoms with van der Waals surface area (Å²) in [6.07, 6.45) is -0.480. The molecule has 0 amide bonds. The summed E-state index contributed by atoms with van der Waals surface area (Å²) >= 11 is 0. The fourth-order valence-electron chi connectivity index (χ4n) is 5.33. The van der Waals surface area contributed by atoms with Crippen molar-refractivity contribution in [3.63, 3.8) is 0 Å². The Bertz CT molecular complexity index is 1270. The van der Waals surface area contributed by atoms with Crippen LogP contribution in [0.3, 0.4) is 0 Å². The summed E-state index contributed by atoms with van der Waals surface area (Å²) in [5, 5.41) is 43.0. The van der Waals surface area contributed by atoms with Crippen LogP contribution < -0.4 is 9.47 Å². The number of pyridine rings is 1. The molecule has 5 atom stereocenters. The largest absolute Gasteiger partial charge is 0.497 e. The molecule has 2 aromatic carbocycles. The van der Waals surface area contributed by atoms with E-state index in [1.54, 1.807) is 54.6 Å². The van der Waals surface area contributed by atoms with Crippen molar-refractivity contribution in [2.75, 3.05) is 7.11 Å². The van der Waals surface area contributed by atoms with Crippen molar-refractivity contribution >= 4 is 5.97 Å². The fourth-order valence-corrected chi connectivity index (χ4v) is 5.33. The third-order valence-electron chi connectivity index (χ3n) is 6.71. The summed E-state index contributed by atoms with van der Waals surface area (Å²) in [6, 6.07) is 18.9. The number of fused-ring (bicyclic) bond motifs is 3. The zero-order valence-corrected chi connectivity index (χ0v) is 17.5. The SMILES string of the molecule is COc1ccc([C@@]23Oc4cc(C#N)cnc4[C@]2(O)[C@H](O)[C@H](C(=O)O)[C@H]3c2ccccc2)cc1. The number of carboxylic acid groups (broad SMARTS) is 1. The Hall–Kier alpha value is -3.93. The van der Waals surface area contributed by atoms with E-state index >= 15 is 0 Å². The number of carboxylic acids is 1. The molecule has 1 fully saturated rings. The number of hydrogen-bond acceptors (Lipinski definition) is 7. The van der Waals surface area contributed by atoms with Gasteiger partial charge in [-0.2, -0.15) is 5.26 Å². The summed E-state index contributed by atoms with van der Waals surface area (Å²) in [4.78, 5) is 16.7. The maximum Gasteiger partial charge on any atom is 0.310 e. The minimum absolute atomic E-state index is 0.00509. The molecule has 0 bridgehead atoms. The second kappa shape index (κ2) is 7.30. The van der Waals surface area contributed by atoms with E-state index in [4.69, 9.17) is 9.47 Å². The van der Waals surface area contributed by atoms with Gasteiger partial charge in [0.05, 0.1) is 18.6 Å². The van der Waals surface area contributed by atoms with Crippen molar-refractivity contribution in [1.29, 1.82) is 5.26 Å². The van der Waals surface area contributed by atoms with Crippen molar-refractivity contribution in [1.82, 2.24) is 4.98 Å². The molecule has 1 saturated carbocycles. The molecular weight excluding hydrogens is 424 g/mol. The number of rotatable bonds is 4. The first-order chi connectivity index (χ1) is 15.9. The highest BCUT2D eigenvalue weighted by Crippen LogP contribution is 2.68. The minimum atomic E-state index is -2.20. The Labute approximate surface area is 189 Å². The van der Waals surface area contributed by atoms with Gasteiger partial charge >= 0.3 is 5.97 Å². The standard InChI is InChI=1S/C25H20N2O6/c1-32-17-9-7-16(8-10-17)25-20(15-5-3-2-4-6-15)19(23(29)30)22(28)24(25,31)21-18(33-25)11-14(12-26)13-27-21/h2-11,13,19-20,22,28,31H,1H3,(H,29,30)/t19-,20-,22-,24+,25+/m1/s1. The summed E-state index contributed by atoms with van der Waals surface area (Å²) in [7, 11) is 1.52. The lowest BCUT2D eigenvalue weighted by atomic mass is 9.71. The number of aliphatic hydroxyl groups excluding tert-OH is 1. The average molecular weight is 444 g/mol. The molecule has 3 N–H and O–H groups in total. The fraction of sp³-hybridized carbons (Fsp3) is 0.240. The van der Waals surface area contributed by atoms with Gasteiger partial charge in [0.2, 0.25) is 0 Å². The molecule has 3 aromatic rings. The number of aromatic nitrogens is 1. The van der Waals surface area contributed by atoms with E-state index in [0.717, 1.165) is 0 Å². The van der Waals surface area contributed by atoms with Gasteiger partial charge in [0.25, 0.3) is 0 Å². The van der Waals surface area contributed by atoms with Crippen LogP contribution in [0.1, 0.15) is 28.3 Å². The number of methoxy groups -OCH3 is 1. The Morgan fingerprint density at radius 1 is 1.18 bits per heavy atom. The summed E-state index contributed by atoms with van der Waals surface area (Å²) in [5.41, 5.74) is -2.71. The van der Waals surface area contributed by atoms with E-state index in [9.17, 15) is 25.4 Å². The quantitative estimate of drug-likeness (QED) is 0.558. The Kier molecular flexibility index (Phi) is 4.64. The predicted molar refractivity (Wildman–Crippen MR) is 114 cm³/mol. The average Bonchev–Trinajstić information content (AvgIpc) is 3.22. The van der Waals surface area contributed by atoms with Crippen molar-refractivity contribution < 1.29 is 29.6 Å². The van der Waals surface area contributed by atoms with Crippen LogP contribution in [0.4, 0.5) is 0 Å². The van der Waals surface area contributed by atoms with Crippen molar-refractivity contribution in [3.8, 4) is 17.6 Å². The number of nitriles is 1. The summed E-state index contributed by atoms with van der Waals surface area (Å²) in [5.74, 6) is -2.97. The van der Waals surface area contributed by atoms with Gasteiger partial charge in [-0.05, 0) is 23.3 Å². The van der Waals surface area contributed by atoms with Crippen molar-refractivity contribution in [2.24, 2.45) is 5.92 Å². The number of carbonyl (C=O) groups is 1. The lowest BCUT2D eigenvalue weighted by Crippen LogP contribution is -2.52. The van der Waals surface area contributed by atoms with Crippen LogP contribution in [0.2, 0.25) is 0 Å². The van der Waals surface area contributed by atoms with Crippen LogP contribution in [0.15, 0.2) is 66.9 Å². The molecular formula is C25H20N2O6. The number of ether oxygens (including phenoxy) is 2. The highest BCUT2D eigenvalue weighted by Gasteiger charge is 2.78. The molecule has 5 rings (SSSR count). The van der Waals surface area contributed by atoms with Crippen LogP contribution in [0.25, 0.3) is 0 Å². The first-order valence-electron chi connectivity index (χ1n) is 10.3. The molecule has 33 heavy (non-hydrogen) atoms. The van der Waals surface area contributed by atoms with Crippen LogP contribution in [0.5, 0.6) is 11.5 Å². The number of aliphatic hydroxyl groups is 2. The predicted octanol–water partition coefficient (Wildman–Crippen LogP) is 2.30. The summed E-state index contributed by atoms with van der Waals surface area (Å²) < 4.78 is 11.7. The molecule has 166 valence electrons. The monoisotopic (exact) mass is 444 g/mol. The van der Waals surface area contributed by atoms with Crippen LogP contribution >= 0.6 is 0 Å². The van der Waals surface area contributed by atoms with E-state index in [1.165, 1.54) is 19.4 Å². The first-order valence-corrected chi connectivity index (χ1v) is 10.3. The smallest absolute Gasteiger partial charge is 0.310 e. The molecule has 0 spiro atoms. The lowest BCUT2D eigenvalue weighted by molar-refractivity contribution is -0.160. The lowest BCUT2D eigenvalue weighted by Gasteiger charge is -2.40. The highest BCUT2D eigenvalue weighted by atomic mass is 16.5. The Morgan fingerprint density at radius 2 is 1.88 bits per heavy atom. The maximum atomic E-state index is 12.4. The third-order valence-corrected chi connectivity index (χ3v) is 6.71. The van der Waals surface area contributed by atoms with Gasteiger partial charge in [-0.25, -0.2) is 0 Å². The maximum absolute atomic E-state index is 12.4. The van der Waals surface area contributed by atoms with Gasteiger partial charge < -0.3 is 24.8 Å². The molecule has 1 aliphatic carbocycles. The first kappa shape index (κ1) is 20.9. The highest BCUT2D eigenvalue weighted by molar-refractivity contribution is 5.76. The molecule has 2 aliphatic rings. The zero-order chi connectivity index (χ0) is 23.4. The summed E-state index contributed by atoms with van der Waals surface area (Å²) in [6.45, 7) is 0. The van der Waals surface area contributed by atoms with Crippen LogP contribution in [-0.4, -0.2) is 39.5 Å². The minimum Gasteiger partial charge on any atom is -0.497 e. The molecule has 1 aromatic heterocycles. The molecule has 0 radical (unpaired) electrons. The van der Waals surface area contributed by atoms with E-state index < -0.39 is 35.1 Å². The van der Waals surface area contributed by atoms with E-state index in [-0.39, 0.29) is 17.0 Å². The molecule has 2 heterocycles. The molecule has 0 saturated heterocycles. The van der Waals surface area contributed by atoms with E-state index in [2.05, 4.69) is 4.98 Å². The van der Waals surface area contributed by atoms with Crippen molar-refractivity contribution in [3.05, 3.63) is 89.2 Å². The van der Waals surface area contributed by atoms with Gasteiger partial charge in [-0.1, -0.05) is 42.5 Å². The number of aliphatic carboxylic acids is 1.